The fourth-order valence-electron chi connectivity index (χ4n) is 3.73. The second kappa shape index (κ2) is 7.66. The Hall–Kier alpha value is -1.73. The molecule has 5 nitrogen and oxygen atoms in total. The Balaban J connectivity index is 1.64. The van der Waals surface area contributed by atoms with Crippen molar-refractivity contribution in [3.8, 4) is 0 Å². The molecule has 2 bridgehead atoms. The predicted octanol–water partition coefficient (Wildman–Crippen LogP) is 2.05. The predicted molar refractivity (Wildman–Crippen MR) is 93.6 cm³/mol. The fourth-order valence-corrected chi connectivity index (χ4v) is 3.73. The van der Waals surface area contributed by atoms with Crippen LogP contribution in [-0.4, -0.2) is 56.8 Å². The summed E-state index contributed by atoms with van der Waals surface area (Å²) in [6, 6.07) is 3.75. The highest BCUT2D eigenvalue weighted by atomic mass is 19.1. The van der Waals surface area contributed by atoms with Crippen molar-refractivity contribution in [1.29, 1.82) is 0 Å². The molecule has 0 amide bonds. The summed E-state index contributed by atoms with van der Waals surface area (Å²) in [5, 5.41) is 6.58. The molecular formula is C18H26F2N4O. The highest BCUT2D eigenvalue weighted by molar-refractivity contribution is 5.80. The number of halogens is 2. The van der Waals surface area contributed by atoms with Crippen molar-refractivity contribution in [2.45, 2.75) is 43.6 Å². The summed E-state index contributed by atoms with van der Waals surface area (Å²) in [6.07, 6.45) is 3.76. The van der Waals surface area contributed by atoms with E-state index in [9.17, 15) is 8.78 Å². The number of nitrogens with zero attached hydrogens (tertiary/aromatic N) is 2. The summed E-state index contributed by atoms with van der Waals surface area (Å²) in [4.78, 5) is 6.03. The van der Waals surface area contributed by atoms with Gasteiger partial charge >= 0.3 is 0 Å². The molecule has 1 aromatic carbocycles. The van der Waals surface area contributed by atoms with Gasteiger partial charge in [0.05, 0.1) is 24.3 Å². The van der Waals surface area contributed by atoms with Gasteiger partial charge in [-0.1, -0.05) is 6.07 Å². The van der Waals surface area contributed by atoms with Gasteiger partial charge in [0, 0.05) is 19.2 Å². The van der Waals surface area contributed by atoms with Crippen LogP contribution in [0.4, 0.5) is 8.78 Å². The minimum absolute atomic E-state index is 0.0682. The third-order valence-electron chi connectivity index (χ3n) is 5.07. The van der Waals surface area contributed by atoms with Gasteiger partial charge in [0.15, 0.2) is 5.96 Å². The normalized spacial score (nSPS) is 27.0. The number of aliphatic imine (C=N–C) groups is 1. The van der Waals surface area contributed by atoms with E-state index in [1.54, 1.807) is 26.0 Å². The maximum Gasteiger partial charge on any atom is 0.191 e. The second-order valence-corrected chi connectivity index (χ2v) is 6.93. The Morgan fingerprint density at radius 2 is 2.04 bits per heavy atom. The molecule has 0 aliphatic carbocycles. The minimum Gasteiger partial charge on any atom is -0.373 e. The summed E-state index contributed by atoms with van der Waals surface area (Å²) >= 11 is 0. The van der Waals surface area contributed by atoms with Crippen LogP contribution < -0.4 is 10.6 Å². The zero-order chi connectivity index (χ0) is 18.0. The molecule has 3 rings (SSSR count). The number of guanidine groups is 1. The zero-order valence-electron chi connectivity index (χ0n) is 14.9. The third-order valence-corrected chi connectivity index (χ3v) is 5.07. The van der Waals surface area contributed by atoms with Gasteiger partial charge in [0.2, 0.25) is 0 Å². The number of nitrogens with one attached hydrogen (secondary N) is 2. The van der Waals surface area contributed by atoms with Gasteiger partial charge in [-0.2, -0.15) is 0 Å². The number of hydrogen-bond donors (Lipinski definition) is 2. The molecule has 0 spiro atoms. The lowest BCUT2D eigenvalue weighted by Crippen LogP contribution is -2.49. The van der Waals surface area contributed by atoms with Crippen LogP contribution in [0, 0.1) is 11.6 Å². The summed E-state index contributed by atoms with van der Waals surface area (Å²) < 4.78 is 34.1. The second-order valence-electron chi connectivity index (χ2n) is 6.93. The van der Waals surface area contributed by atoms with E-state index in [1.165, 1.54) is 18.2 Å². The van der Waals surface area contributed by atoms with Crippen molar-refractivity contribution in [2.75, 3.05) is 27.7 Å². The van der Waals surface area contributed by atoms with Crippen LogP contribution in [-0.2, 0) is 4.74 Å². The molecule has 0 radical (unpaired) electrons. The molecule has 2 N–H and O–H groups in total. The molecule has 4 unspecified atom stereocenters. The molecule has 0 aromatic heterocycles. The van der Waals surface area contributed by atoms with E-state index in [2.05, 4.69) is 15.6 Å². The van der Waals surface area contributed by atoms with E-state index in [1.807, 2.05) is 0 Å². The zero-order valence-corrected chi connectivity index (χ0v) is 14.9. The van der Waals surface area contributed by atoms with E-state index >= 15 is 0 Å². The Morgan fingerprint density at radius 3 is 2.56 bits per heavy atom. The van der Waals surface area contributed by atoms with Gasteiger partial charge in [-0.3, -0.25) is 4.99 Å². The molecule has 2 aliphatic rings. The maximum absolute atomic E-state index is 14.1. The summed E-state index contributed by atoms with van der Waals surface area (Å²) in [6.45, 7) is 0.339. The van der Waals surface area contributed by atoms with Crippen molar-refractivity contribution in [2.24, 2.45) is 4.99 Å². The first-order valence-electron chi connectivity index (χ1n) is 8.72. The average Bonchev–Trinajstić information content (AvgIpc) is 3.18. The quantitative estimate of drug-likeness (QED) is 0.629. The molecule has 2 aliphatic heterocycles. The molecule has 2 fully saturated rings. The van der Waals surface area contributed by atoms with Crippen molar-refractivity contribution >= 4 is 5.96 Å². The molecular weight excluding hydrogens is 326 g/mol. The van der Waals surface area contributed by atoms with Crippen LogP contribution >= 0.6 is 0 Å². The summed E-state index contributed by atoms with van der Waals surface area (Å²) in [5.41, 5.74) is 0.0682. The van der Waals surface area contributed by atoms with Crippen LogP contribution in [0.1, 0.15) is 30.9 Å². The molecule has 7 heteroatoms. The van der Waals surface area contributed by atoms with Gasteiger partial charge in [-0.25, -0.2) is 8.78 Å². The molecule has 2 saturated heterocycles. The number of ether oxygens (including phenoxy) is 1. The van der Waals surface area contributed by atoms with Crippen LogP contribution in [0.25, 0.3) is 0 Å². The van der Waals surface area contributed by atoms with Crippen molar-refractivity contribution < 1.29 is 13.5 Å². The molecule has 138 valence electrons. The lowest BCUT2D eigenvalue weighted by molar-refractivity contribution is 0.0992. The highest BCUT2D eigenvalue weighted by Crippen LogP contribution is 2.34. The summed E-state index contributed by atoms with van der Waals surface area (Å²) in [7, 11) is 5.30. The van der Waals surface area contributed by atoms with Gasteiger partial charge in [-0.05, 0) is 45.5 Å². The van der Waals surface area contributed by atoms with Gasteiger partial charge in [-0.15, -0.1) is 0 Å². The first-order valence-corrected chi connectivity index (χ1v) is 8.72. The van der Waals surface area contributed by atoms with E-state index in [0.717, 1.165) is 19.3 Å². The Labute approximate surface area is 147 Å². The number of rotatable bonds is 5. The molecule has 4 atom stereocenters. The molecule has 2 heterocycles. The lowest BCUT2D eigenvalue weighted by atomic mass is 9.96. The topological polar surface area (TPSA) is 48.9 Å². The minimum atomic E-state index is -0.537. The van der Waals surface area contributed by atoms with Gasteiger partial charge in [0.25, 0.3) is 0 Å². The van der Waals surface area contributed by atoms with Crippen LogP contribution in [0.3, 0.4) is 0 Å². The average molecular weight is 352 g/mol. The largest absolute Gasteiger partial charge is 0.373 e. The molecule has 0 saturated carbocycles. The maximum atomic E-state index is 14.1. The Kier molecular flexibility index (Phi) is 5.54. The monoisotopic (exact) mass is 352 g/mol. The fraction of sp³-hybridized carbons (Fsp3) is 0.611. The number of benzene rings is 1. The van der Waals surface area contributed by atoms with E-state index in [0.29, 0.717) is 18.6 Å². The van der Waals surface area contributed by atoms with Crippen LogP contribution in [0.2, 0.25) is 0 Å². The summed E-state index contributed by atoms with van der Waals surface area (Å²) in [5.74, 6) is -0.445. The number of likely N-dealkylation sites (N-methyl/N-ethyl adjacent to an activating group) is 1. The van der Waals surface area contributed by atoms with E-state index in [4.69, 9.17) is 4.74 Å². The molecule has 25 heavy (non-hydrogen) atoms. The third kappa shape index (κ3) is 3.93. The smallest absolute Gasteiger partial charge is 0.191 e. The van der Waals surface area contributed by atoms with Crippen molar-refractivity contribution in [3.05, 3.63) is 35.4 Å². The van der Waals surface area contributed by atoms with Crippen LogP contribution in [0.15, 0.2) is 23.2 Å². The van der Waals surface area contributed by atoms with Gasteiger partial charge < -0.3 is 20.3 Å². The highest BCUT2D eigenvalue weighted by Gasteiger charge is 2.41. The van der Waals surface area contributed by atoms with Crippen molar-refractivity contribution in [1.82, 2.24) is 15.5 Å². The first-order chi connectivity index (χ1) is 12.0. The number of hydrogen-bond acceptors (Lipinski definition) is 3. The standard InChI is InChI=1S/C18H26F2N4O/c1-21-18(23-14-9-11-7-8-16(14)25-11)22-10-15(24(2)3)17-12(19)5-4-6-13(17)20/h4-6,11,14-16H,7-10H2,1-3H3,(H2,21,22,23). The van der Waals surface area contributed by atoms with Gasteiger partial charge in [0.1, 0.15) is 11.6 Å². The Bertz CT molecular complexity index is 617. The number of fused-ring (bicyclic) bond motifs is 2. The lowest BCUT2D eigenvalue weighted by Gasteiger charge is -2.28. The first kappa shape index (κ1) is 18.1. The van der Waals surface area contributed by atoms with Crippen molar-refractivity contribution in [3.63, 3.8) is 0 Å². The Morgan fingerprint density at radius 1 is 1.32 bits per heavy atom. The SMILES string of the molecule is CN=C(NCC(c1c(F)cccc1F)N(C)C)NC1CC2CCC1O2. The van der Waals surface area contributed by atoms with Crippen LogP contribution in [0.5, 0.6) is 0 Å². The van der Waals surface area contributed by atoms with E-state index in [-0.39, 0.29) is 17.7 Å². The van der Waals surface area contributed by atoms with E-state index < -0.39 is 17.7 Å². The molecule has 1 aromatic rings.